The fraction of sp³-hybridized carbons (Fsp3) is 0.417. The summed E-state index contributed by atoms with van der Waals surface area (Å²) in [6.07, 6.45) is -0.947. The van der Waals surface area contributed by atoms with E-state index < -0.39 is 23.6 Å². The van der Waals surface area contributed by atoms with E-state index in [1.54, 1.807) is 6.92 Å². The van der Waals surface area contributed by atoms with Crippen LogP contribution in [0.4, 0.5) is 5.69 Å². The van der Waals surface area contributed by atoms with Crippen LogP contribution in [0.15, 0.2) is 12.1 Å². The molecule has 0 radical (unpaired) electrons. The number of carboxylic acids is 1. The molecule has 0 heterocycles. The second-order valence-electron chi connectivity index (χ2n) is 3.90. The number of nitro benzene ring substituents is 1. The number of aliphatic hydroxyl groups is 1. The molecule has 110 valence electrons. The maximum atomic E-state index is 10.9. The average molecular weight is 285 g/mol. The molecule has 0 aromatic heterocycles. The van der Waals surface area contributed by atoms with Crippen molar-refractivity contribution in [2.45, 2.75) is 26.1 Å². The zero-order chi connectivity index (χ0) is 15.3. The van der Waals surface area contributed by atoms with Crippen molar-refractivity contribution >= 4 is 11.7 Å². The molecule has 1 aromatic rings. The minimum atomic E-state index is -1.18. The molecule has 1 rings (SSSR count). The first kappa shape index (κ1) is 15.7. The van der Waals surface area contributed by atoms with E-state index in [0.29, 0.717) is 0 Å². The average Bonchev–Trinajstić information content (AvgIpc) is 2.43. The Morgan fingerprint density at radius 1 is 1.45 bits per heavy atom. The lowest BCUT2D eigenvalue weighted by molar-refractivity contribution is -0.386. The SMILES string of the molecule is CCC(Oc1cc([N+](=O)[O-])c(CO)cc1OC)C(=O)O. The highest BCUT2D eigenvalue weighted by molar-refractivity contribution is 5.73. The Balaban J connectivity index is 3.26. The topological polar surface area (TPSA) is 119 Å². The number of carboxylic acid groups (broad SMARTS) is 1. The summed E-state index contributed by atoms with van der Waals surface area (Å²) in [7, 11) is 1.32. The minimum absolute atomic E-state index is 0.0503. The van der Waals surface area contributed by atoms with Crippen LogP contribution in [-0.4, -0.2) is 34.3 Å². The Kier molecular flexibility index (Phi) is 5.27. The third-order valence-corrected chi connectivity index (χ3v) is 2.65. The van der Waals surface area contributed by atoms with Crippen LogP contribution in [0.3, 0.4) is 0 Å². The third-order valence-electron chi connectivity index (χ3n) is 2.65. The highest BCUT2D eigenvalue weighted by atomic mass is 16.6. The zero-order valence-electron chi connectivity index (χ0n) is 11.0. The molecule has 0 saturated carbocycles. The van der Waals surface area contributed by atoms with Crippen LogP contribution < -0.4 is 9.47 Å². The van der Waals surface area contributed by atoms with Crippen molar-refractivity contribution in [1.29, 1.82) is 0 Å². The predicted molar refractivity (Wildman–Crippen MR) is 67.9 cm³/mol. The Labute approximate surface area is 114 Å². The summed E-state index contributed by atoms with van der Waals surface area (Å²) in [5, 5.41) is 28.9. The molecule has 0 aliphatic carbocycles. The van der Waals surface area contributed by atoms with Gasteiger partial charge in [-0.05, 0) is 12.5 Å². The highest BCUT2D eigenvalue weighted by Gasteiger charge is 2.23. The van der Waals surface area contributed by atoms with E-state index in [-0.39, 0.29) is 29.2 Å². The van der Waals surface area contributed by atoms with Gasteiger partial charge in [-0.15, -0.1) is 0 Å². The molecule has 1 atom stereocenters. The van der Waals surface area contributed by atoms with Gasteiger partial charge in [-0.2, -0.15) is 0 Å². The first-order valence-electron chi connectivity index (χ1n) is 5.80. The van der Waals surface area contributed by atoms with Gasteiger partial charge in [-0.25, -0.2) is 4.79 Å². The lowest BCUT2D eigenvalue weighted by atomic mass is 10.1. The molecule has 0 aliphatic heterocycles. The third kappa shape index (κ3) is 3.35. The van der Waals surface area contributed by atoms with Crippen molar-refractivity contribution in [1.82, 2.24) is 0 Å². The molecule has 8 nitrogen and oxygen atoms in total. The van der Waals surface area contributed by atoms with Crippen LogP contribution in [0.2, 0.25) is 0 Å². The fourth-order valence-electron chi connectivity index (χ4n) is 1.60. The number of aliphatic hydroxyl groups excluding tert-OH is 1. The molecule has 0 aliphatic rings. The van der Waals surface area contributed by atoms with E-state index in [1.165, 1.54) is 13.2 Å². The molecule has 0 bridgehead atoms. The van der Waals surface area contributed by atoms with Gasteiger partial charge in [0.1, 0.15) is 0 Å². The van der Waals surface area contributed by atoms with Crippen molar-refractivity contribution in [2.75, 3.05) is 7.11 Å². The van der Waals surface area contributed by atoms with Crippen LogP contribution in [0.5, 0.6) is 11.5 Å². The van der Waals surface area contributed by atoms with Gasteiger partial charge in [0, 0.05) is 0 Å². The summed E-state index contributed by atoms with van der Waals surface area (Å²) in [6.45, 7) is 1.07. The van der Waals surface area contributed by atoms with E-state index in [4.69, 9.17) is 19.7 Å². The normalized spacial score (nSPS) is 11.8. The summed E-state index contributed by atoms with van der Waals surface area (Å²) in [5.41, 5.74) is -0.300. The first-order chi connectivity index (χ1) is 9.44. The Morgan fingerprint density at radius 2 is 2.10 bits per heavy atom. The van der Waals surface area contributed by atoms with Crippen LogP contribution in [0, 0.1) is 10.1 Å². The number of methoxy groups -OCH3 is 1. The van der Waals surface area contributed by atoms with Gasteiger partial charge >= 0.3 is 5.97 Å². The fourth-order valence-corrected chi connectivity index (χ4v) is 1.60. The lowest BCUT2D eigenvalue weighted by Crippen LogP contribution is -2.26. The molecule has 0 saturated heterocycles. The number of aliphatic carboxylic acids is 1. The molecule has 1 aromatic carbocycles. The standard InChI is InChI=1S/C12H15NO7/c1-3-9(12(15)16)20-11-5-8(13(17)18)7(6-14)4-10(11)19-2/h4-5,9,14H,3,6H2,1-2H3,(H,15,16). The van der Waals surface area contributed by atoms with Gasteiger partial charge in [0.25, 0.3) is 5.69 Å². The highest BCUT2D eigenvalue weighted by Crippen LogP contribution is 2.35. The number of rotatable bonds is 7. The van der Waals surface area contributed by atoms with Crippen molar-refractivity contribution in [3.63, 3.8) is 0 Å². The summed E-state index contributed by atoms with van der Waals surface area (Å²) < 4.78 is 10.2. The molecular weight excluding hydrogens is 270 g/mol. The number of benzene rings is 1. The number of ether oxygens (including phenoxy) is 2. The Hall–Kier alpha value is -2.35. The van der Waals surface area contributed by atoms with Gasteiger partial charge < -0.3 is 19.7 Å². The van der Waals surface area contributed by atoms with E-state index in [2.05, 4.69) is 0 Å². The van der Waals surface area contributed by atoms with Crippen LogP contribution >= 0.6 is 0 Å². The van der Waals surface area contributed by atoms with Crippen LogP contribution in [0.1, 0.15) is 18.9 Å². The van der Waals surface area contributed by atoms with E-state index >= 15 is 0 Å². The van der Waals surface area contributed by atoms with Crippen LogP contribution in [0.25, 0.3) is 0 Å². The molecule has 8 heteroatoms. The maximum Gasteiger partial charge on any atom is 0.344 e. The summed E-state index contributed by atoms with van der Waals surface area (Å²) in [4.78, 5) is 21.2. The zero-order valence-corrected chi connectivity index (χ0v) is 11.0. The van der Waals surface area contributed by atoms with Gasteiger partial charge in [0.15, 0.2) is 17.6 Å². The van der Waals surface area contributed by atoms with E-state index in [0.717, 1.165) is 6.07 Å². The summed E-state index contributed by atoms with van der Waals surface area (Å²) in [6, 6.07) is 2.30. The second kappa shape index (κ2) is 6.71. The van der Waals surface area contributed by atoms with Gasteiger partial charge in [0.2, 0.25) is 0 Å². The van der Waals surface area contributed by atoms with Crippen molar-refractivity contribution in [2.24, 2.45) is 0 Å². The number of hydrogen-bond acceptors (Lipinski definition) is 6. The number of nitrogens with zero attached hydrogens (tertiary/aromatic N) is 1. The predicted octanol–water partition coefficient (Wildman–Crippen LogP) is 1.34. The molecule has 20 heavy (non-hydrogen) atoms. The summed E-state index contributed by atoms with van der Waals surface area (Å²) >= 11 is 0. The Morgan fingerprint density at radius 3 is 2.50 bits per heavy atom. The second-order valence-corrected chi connectivity index (χ2v) is 3.90. The van der Waals surface area contributed by atoms with E-state index in [9.17, 15) is 14.9 Å². The van der Waals surface area contributed by atoms with Crippen molar-refractivity contribution in [3.05, 3.63) is 27.8 Å². The number of carbonyl (C=O) groups is 1. The first-order valence-corrected chi connectivity index (χ1v) is 5.80. The molecular formula is C12H15NO7. The molecule has 2 N–H and O–H groups in total. The van der Waals surface area contributed by atoms with Crippen molar-refractivity contribution < 1.29 is 29.4 Å². The number of nitro groups is 1. The van der Waals surface area contributed by atoms with Gasteiger partial charge in [0.05, 0.1) is 30.3 Å². The minimum Gasteiger partial charge on any atom is -0.493 e. The lowest BCUT2D eigenvalue weighted by Gasteiger charge is -2.16. The quantitative estimate of drug-likeness (QED) is 0.573. The van der Waals surface area contributed by atoms with Crippen LogP contribution in [-0.2, 0) is 11.4 Å². The van der Waals surface area contributed by atoms with Gasteiger partial charge in [-0.3, -0.25) is 10.1 Å². The summed E-state index contributed by atoms with van der Waals surface area (Å²) in [5.74, 6) is -1.10. The number of hydrogen-bond donors (Lipinski definition) is 2. The van der Waals surface area contributed by atoms with Crippen molar-refractivity contribution in [3.8, 4) is 11.5 Å². The molecule has 0 amide bonds. The Bertz CT molecular complexity index is 515. The monoisotopic (exact) mass is 285 g/mol. The molecule has 0 spiro atoms. The molecule has 1 unspecified atom stereocenters. The smallest absolute Gasteiger partial charge is 0.344 e. The molecule has 0 fully saturated rings. The van der Waals surface area contributed by atoms with Gasteiger partial charge in [-0.1, -0.05) is 6.92 Å². The largest absolute Gasteiger partial charge is 0.493 e. The maximum absolute atomic E-state index is 10.9. The van der Waals surface area contributed by atoms with E-state index in [1.807, 2.05) is 0 Å².